The van der Waals surface area contributed by atoms with E-state index in [4.69, 9.17) is 17.3 Å². The molecule has 1 aliphatic carbocycles. The molecule has 3 N–H and O–H groups in total. The van der Waals surface area contributed by atoms with Crippen LogP contribution in [0.2, 0.25) is 5.02 Å². The van der Waals surface area contributed by atoms with E-state index in [1.807, 2.05) is 24.3 Å². The number of hydrogen-bond acceptors (Lipinski definition) is 2. The van der Waals surface area contributed by atoms with E-state index < -0.39 is 0 Å². The summed E-state index contributed by atoms with van der Waals surface area (Å²) < 4.78 is 0. The molecular formula is C15H23ClN2. The Labute approximate surface area is 115 Å². The van der Waals surface area contributed by atoms with Gasteiger partial charge in [-0.1, -0.05) is 43.5 Å². The fourth-order valence-electron chi connectivity index (χ4n) is 2.99. The van der Waals surface area contributed by atoms with Crippen molar-refractivity contribution in [1.29, 1.82) is 0 Å². The van der Waals surface area contributed by atoms with Gasteiger partial charge in [-0.15, -0.1) is 0 Å². The quantitative estimate of drug-likeness (QED) is 0.867. The largest absolute Gasteiger partial charge is 0.380 e. The molecule has 18 heavy (non-hydrogen) atoms. The maximum atomic E-state index is 6.19. The van der Waals surface area contributed by atoms with Gasteiger partial charge in [-0.25, -0.2) is 0 Å². The Morgan fingerprint density at radius 1 is 1.39 bits per heavy atom. The van der Waals surface area contributed by atoms with Crippen molar-refractivity contribution in [2.24, 2.45) is 17.6 Å². The number of nitrogens with two attached hydrogens (primary N) is 1. The van der Waals surface area contributed by atoms with Gasteiger partial charge in [0.05, 0.1) is 10.7 Å². The van der Waals surface area contributed by atoms with E-state index in [9.17, 15) is 0 Å². The summed E-state index contributed by atoms with van der Waals surface area (Å²) in [4.78, 5) is 0. The summed E-state index contributed by atoms with van der Waals surface area (Å²) in [6.07, 6.45) is 5.25. The topological polar surface area (TPSA) is 38.0 Å². The summed E-state index contributed by atoms with van der Waals surface area (Å²) in [6, 6.07) is 8.24. The van der Waals surface area contributed by atoms with Gasteiger partial charge in [-0.2, -0.15) is 0 Å². The summed E-state index contributed by atoms with van der Waals surface area (Å²) in [5, 5.41) is 4.31. The lowest BCUT2D eigenvalue weighted by molar-refractivity contribution is 0.257. The zero-order valence-corrected chi connectivity index (χ0v) is 11.8. The van der Waals surface area contributed by atoms with Crippen LogP contribution in [0.1, 0.15) is 32.6 Å². The standard InChI is InChI=1S/C15H23ClN2/c1-11-5-4-6-12(9-11)15(10-17)18-14-8-3-2-7-13(14)16/h2-3,7-8,11-12,15,18H,4-6,9-10,17H2,1H3. The van der Waals surface area contributed by atoms with Gasteiger partial charge >= 0.3 is 0 Å². The first-order valence-corrected chi connectivity index (χ1v) is 7.29. The number of rotatable bonds is 4. The average Bonchev–Trinajstić information content (AvgIpc) is 2.38. The van der Waals surface area contributed by atoms with Crippen LogP contribution in [0.25, 0.3) is 0 Å². The average molecular weight is 267 g/mol. The minimum Gasteiger partial charge on any atom is -0.380 e. The van der Waals surface area contributed by atoms with Crippen LogP contribution in [0.3, 0.4) is 0 Å². The van der Waals surface area contributed by atoms with Gasteiger partial charge in [0, 0.05) is 12.6 Å². The van der Waals surface area contributed by atoms with Crippen LogP contribution in [-0.4, -0.2) is 12.6 Å². The molecule has 0 saturated heterocycles. The summed E-state index contributed by atoms with van der Waals surface area (Å²) in [6.45, 7) is 3.01. The highest BCUT2D eigenvalue weighted by Gasteiger charge is 2.26. The van der Waals surface area contributed by atoms with Crippen molar-refractivity contribution in [1.82, 2.24) is 0 Å². The van der Waals surface area contributed by atoms with E-state index in [0.29, 0.717) is 18.5 Å². The summed E-state index contributed by atoms with van der Waals surface area (Å²) in [5.74, 6) is 1.50. The van der Waals surface area contributed by atoms with Crippen molar-refractivity contribution in [3.05, 3.63) is 29.3 Å². The van der Waals surface area contributed by atoms with Gasteiger partial charge < -0.3 is 11.1 Å². The first-order valence-electron chi connectivity index (χ1n) is 6.92. The molecule has 1 aromatic carbocycles. The van der Waals surface area contributed by atoms with Crippen LogP contribution in [0, 0.1) is 11.8 Å². The molecule has 1 aromatic rings. The zero-order valence-electron chi connectivity index (χ0n) is 11.0. The van der Waals surface area contributed by atoms with Gasteiger partial charge in [-0.05, 0) is 36.8 Å². The van der Waals surface area contributed by atoms with Crippen molar-refractivity contribution >= 4 is 17.3 Å². The fraction of sp³-hybridized carbons (Fsp3) is 0.600. The Hall–Kier alpha value is -0.730. The Bertz CT molecular complexity index is 381. The summed E-state index contributed by atoms with van der Waals surface area (Å²) in [7, 11) is 0. The first-order chi connectivity index (χ1) is 8.70. The second-order valence-corrected chi connectivity index (χ2v) is 5.91. The molecule has 1 saturated carbocycles. The van der Waals surface area contributed by atoms with Crippen LogP contribution < -0.4 is 11.1 Å². The number of benzene rings is 1. The summed E-state index contributed by atoms with van der Waals surface area (Å²) in [5.41, 5.74) is 6.95. The highest BCUT2D eigenvalue weighted by atomic mass is 35.5. The molecule has 1 fully saturated rings. The normalized spacial score (nSPS) is 25.7. The lowest BCUT2D eigenvalue weighted by atomic mass is 9.78. The first kappa shape index (κ1) is 13.7. The van der Waals surface area contributed by atoms with Gasteiger partial charge in [0.25, 0.3) is 0 Å². The van der Waals surface area contributed by atoms with Crippen LogP contribution in [-0.2, 0) is 0 Å². The Morgan fingerprint density at radius 2 is 2.17 bits per heavy atom. The molecule has 2 nitrogen and oxygen atoms in total. The predicted molar refractivity (Wildman–Crippen MR) is 79.0 cm³/mol. The van der Waals surface area contributed by atoms with Crippen LogP contribution in [0.15, 0.2) is 24.3 Å². The molecule has 2 rings (SSSR count). The Balaban J connectivity index is 2.03. The SMILES string of the molecule is CC1CCCC(C(CN)Nc2ccccc2Cl)C1. The molecule has 0 bridgehead atoms. The van der Waals surface area contributed by atoms with E-state index in [0.717, 1.165) is 16.6 Å². The van der Waals surface area contributed by atoms with Crippen molar-refractivity contribution in [3.63, 3.8) is 0 Å². The molecule has 3 heteroatoms. The van der Waals surface area contributed by atoms with Crippen molar-refractivity contribution in [3.8, 4) is 0 Å². The molecule has 0 amide bonds. The second-order valence-electron chi connectivity index (χ2n) is 5.50. The van der Waals surface area contributed by atoms with E-state index in [-0.39, 0.29) is 0 Å². The molecular weight excluding hydrogens is 244 g/mol. The Morgan fingerprint density at radius 3 is 2.83 bits per heavy atom. The third kappa shape index (κ3) is 3.39. The highest BCUT2D eigenvalue weighted by Crippen LogP contribution is 2.32. The lowest BCUT2D eigenvalue weighted by Crippen LogP contribution is -2.38. The smallest absolute Gasteiger partial charge is 0.0637 e. The molecule has 0 radical (unpaired) electrons. The molecule has 0 spiro atoms. The Kier molecular flexibility index (Phi) is 4.90. The van der Waals surface area contributed by atoms with E-state index in [2.05, 4.69) is 12.2 Å². The fourth-order valence-corrected chi connectivity index (χ4v) is 3.18. The monoisotopic (exact) mass is 266 g/mol. The lowest BCUT2D eigenvalue weighted by Gasteiger charge is -2.33. The van der Waals surface area contributed by atoms with E-state index in [1.54, 1.807) is 0 Å². The van der Waals surface area contributed by atoms with Crippen LogP contribution >= 0.6 is 11.6 Å². The predicted octanol–water partition coefficient (Wildman–Crippen LogP) is 3.91. The van der Waals surface area contributed by atoms with E-state index >= 15 is 0 Å². The van der Waals surface area contributed by atoms with Crippen molar-refractivity contribution in [2.75, 3.05) is 11.9 Å². The zero-order chi connectivity index (χ0) is 13.0. The molecule has 0 heterocycles. The minimum atomic E-state index is 0.340. The molecule has 0 aromatic heterocycles. The molecule has 0 aliphatic heterocycles. The number of nitrogens with one attached hydrogen (secondary N) is 1. The van der Waals surface area contributed by atoms with Crippen molar-refractivity contribution in [2.45, 2.75) is 38.6 Å². The molecule has 3 unspecified atom stereocenters. The summed E-state index contributed by atoms with van der Waals surface area (Å²) >= 11 is 6.19. The van der Waals surface area contributed by atoms with Gasteiger partial charge in [0.2, 0.25) is 0 Å². The van der Waals surface area contributed by atoms with Gasteiger partial charge in [0.15, 0.2) is 0 Å². The highest BCUT2D eigenvalue weighted by molar-refractivity contribution is 6.33. The number of halogens is 1. The minimum absolute atomic E-state index is 0.340. The second kappa shape index (κ2) is 6.44. The molecule has 3 atom stereocenters. The van der Waals surface area contributed by atoms with E-state index in [1.165, 1.54) is 25.7 Å². The third-order valence-corrected chi connectivity index (χ3v) is 4.34. The van der Waals surface area contributed by atoms with Crippen molar-refractivity contribution < 1.29 is 0 Å². The number of hydrogen-bond donors (Lipinski definition) is 2. The third-order valence-electron chi connectivity index (χ3n) is 4.01. The van der Waals surface area contributed by atoms with Gasteiger partial charge in [-0.3, -0.25) is 0 Å². The molecule has 1 aliphatic rings. The van der Waals surface area contributed by atoms with Crippen LogP contribution in [0.5, 0.6) is 0 Å². The molecule has 100 valence electrons. The maximum Gasteiger partial charge on any atom is 0.0637 e. The number of para-hydroxylation sites is 1. The van der Waals surface area contributed by atoms with Gasteiger partial charge in [0.1, 0.15) is 0 Å². The number of anilines is 1. The van der Waals surface area contributed by atoms with Crippen LogP contribution in [0.4, 0.5) is 5.69 Å². The maximum absolute atomic E-state index is 6.19.